The van der Waals surface area contributed by atoms with Crippen LogP contribution in [0.2, 0.25) is 0 Å². The molecule has 126 valence electrons. The minimum absolute atomic E-state index is 0.0170. The highest BCUT2D eigenvalue weighted by Crippen LogP contribution is 2.71. The quantitative estimate of drug-likeness (QED) is 0.799. The summed E-state index contributed by atoms with van der Waals surface area (Å²) in [5.41, 5.74) is 6.13. The molecule has 0 spiro atoms. The third kappa shape index (κ3) is 3.63. The van der Waals surface area contributed by atoms with Crippen LogP contribution in [0.1, 0.15) is 34.6 Å². The maximum Gasteiger partial charge on any atom is 0.0829 e. The van der Waals surface area contributed by atoms with Gasteiger partial charge < -0.3 is 9.92 Å². The van der Waals surface area contributed by atoms with Crippen molar-refractivity contribution in [2.24, 2.45) is 5.73 Å². The van der Waals surface area contributed by atoms with Gasteiger partial charge in [-0.05, 0) is 58.9 Å². The van der Waals surface area contributed by atoms with Crippen molar-refractivity contribution >= 4 is 10.3 Å². The first-order valence-corrected chi connectivity index (χ1v) is 9.72. The van der Waals surface area contributed by atoms with E-state index in [4.69, 9.17) is 9.92 Å². The van der Waals surface area contributed by atoms with Crippen molar-refractivity contribution in [1.29, 1.82) is 0 Å². The molecule has 3 heteroatoms. The number of rotatable bonds is 5. The summed E-state index contributed by atoms with van der Waals surface area (Å²) in [4.78, 5) is 2.48. The van der Waals surface area contributed by atoms with Gasteiger partial charge >= 0.3 is 0 Å². The molecule has 0 aromatic heterocycles. The molecule has 0 heterocycles. The third-order valence-electron chi connectivity index (χ3n) is 4.05. The lowest BCUT2D eigenvalue weighted by atomic mass is 10.2. The van der Waals surface area contributed by atoms with Gasteiger partial charge in [0.05, 0.1) is 6.10 Å². The van der Waals surface area contributed by atoms with Gasteiger partial charge in [0.15, 0.2) is 0 Å². The molecule has 0 saturated carbocycles. The summed E-state index contributed by atoms with van der Waals surface area (Å²) >= 11 is 0. The van der Waals surface area contributed by atoms with Crippen molar-refractivity contribution in [3.63, 3.8) is 0 Å². The Hall–Kier alpha value is -1.29. The first-order chi connectivity index (χ1) is 10.8. The number of nitrogens with two attached hydrogens (primary N) is 1. The summed E-state index contributed by atoms with van der Waals surface area (Å²) < 4.78 is 6.74. The Bertz CT molecular complexity index is 565. The number of hydrogen-bond donors (Lipinski definition) is 1. The highest BCUT2D eigenvalue weighted by atomic mass is 32.3. The zero-order chi connectivity index (χ0) is 17.1. The maximum absolute atomic E-state index is 6.79. The molecular formula is C20H29NOS. The number of benzene rings is 2. The van der Waals surface area contributed by atoms with Crippen molar-refractivity contribution in [3.8, 4) is 0 Å². The molecule has 2 aromatic rings. The molecule has 0 aliphatic heterocycles. The van der Waals surface area contributed by atoms with Gasteiger partial charge in [0.1, 0.15) is 0 Å². The molecule has 0 radical (unpaired) electrons. The summed E-state index contributed by atoms with van der Waals surface area (Å²) in [6, 6.07) is 21.2. The van der Waals surface area contributed by atoms with Crippen LogP contribution in [0.5, 0.6) is 0 Å². The summed E-state index contributed by atoms with van der Waals surface area (Å²) in [7, 11) is -1.69. The van der Waals surface area contributed by atoms with E-state index in [2.05, 4.69) is 88.4 Å². The Labute approximate surface area is 142 Å². The Morgan fingerprint density at radius 1 is 0.826 bits per heavy atom. The first-order valence-electron chi connectivity index (χ1n) is 8.16. The second-order valence-corrected chi connectivity index (χ2v) is 10.4. The molecular weight excluding hydrogens is 302 g/mol. The topological polar surface area (TPSA) is 35.2 Å². The second-order valence-electron chi connectivity index (χ2n) is 6.96. The van der Waals surface area contributed by atoms with Crippen molar-refractivity contribution < 1.29 is 4.18 Å². The fraction of sp³-hybridized carbons (Fsp3) is 0.400. The molecule has 2 unspecified atom stereocenters. The Balaban J connectivity index is 2.69. The average Bonchev–Trinajstić information content (AvgIpc) is 2.52. The first kappa shape index (κ1) is 18.1. The maximum atomic E-state index is 6.79. The van der Waals surface area contributed by atoms with Crippen molar-refractivity contribution in [3.05, 3.63) is 60.7 Å². The molecule has 2 aromatic carbocycles. The molecule has 2 N–H and O–H groups in total. The molecule has 2 nitrogen and oxygen atoms in total. The van der Waals surface area contributed by atoms with Crippen LogP contribution >= 0.6 is 10.3 Å². The predicted molar refractivity (Wildman–Crippen MR) is 101 cm³/mol. The van der Waals surface area contributed by atoms with Gasteiger partial charge in [0.2, 0.25) is 0 Å². The highest BCUT2D eigenvalue weighted by Gasteiger charge is 2.42. The van der Waals surface area contributed by atoms with Gasteiger partial charge in [-0.1, -0.05) is 46.7 Å². The average molecular weight is 332 g/mol. The third-order valence-corrected chi connectivity index (χ3v) is 8.24. The van der Waals surface area contributed by atoms with E-state index < -0.39 is 10.3 Å². The van der Waals surface area contributed by atoms with Gasteiger partial charge in [-0.3, -0.25) is 0 Å². The van der Waals surface area contributed by atoms with Crippen molar-refractivity contribution in [1.82, 2.24) is 0 Å². The predicted octanol–water partition coefficient (Wildman–Crippen LogP) is 5.38. The van der Waals surface area contributed by atoms with Crippen molar-refractivity contribution in [2.45, 2.75) is 61.3 Å². The van der Waals surface area contributed by atoms with Crippen LogP contribution in [-0.4, -0.2) is 16.9 Å². The SMILES string of the molecule is CC(N)C(C)OS(c1ccccc1)(c1ccccc1)C(C)(C)C. The van der Waals surface area contributed by atoms with Gasteiger partial charge in [0.25, 0.3) is 0 Å². The van der Waals surface area contributed by atoms with E-state index in [-0.39, 0.29) is 16.9 Å². The Kier molecular flexibility index (Phi) is 5.56. The van der Waals surface area contributed by atoms with Crippen LogP contribution < -0.4 is 5.73 Å². The van der Waals surface area contributed by atoms with E-state index in [0.29, 0.717) is 0 Å². The Morgan fingerprint density at radius 2 is 1.22 bits per heavy atom. The minimum atomic E-state index is -1.69. The highest BCUT2D eigenvalue weighted by molar-refractivity contribution is 8.31. The fourth-order valence-electron chi connectivity index (χ4n) is 2.64. The van der Waals surface area contributed by atoms with Gasteiger partial charge in [-0.2, -0.15) is 0 Å². The van der Waals surface area contributed by atoms with E-state index >= 15 is 0 Å². The zero-order valence-electron chi connectivity index (χ0n) is 14.8. The van der Waals surface area contributed by atoms with Crippen LogP contribution in [0, 0.1) is 0 Å². The lowest BCUT2D eigenvalue weighted by Crippen LogP contribution is -2.37. The zero-order valence-corrected chi connectivity index (χ0v) is 15.6. The number of hydrogen-bond acceptors (Lipinski definition) is 2. The molecule has 2 atom stereocenters. The fourth-order valence-corrected chi connectivity index (χ4v) is 6.55. The normalized spacial score (nSPS) is 15.9. The van der Waals surface area contributed by atoms with E-state index in [9.17, 15) is 0 Å². The van der Waals surface area contributed by atoms with E-state index in [0.717, 1.165) is 0 Å². The molecule has 2 rings (SSSR count). The summed E-state index contributed by atoms with van der Waals surface area (Å²) in [6.07, 6.45) is -0.0235. The molecule has 0 fully saturated rings. The van der Waals surface area contributed by atoms with Gasteiger partial charge in [-0.15, -0.1) is 0 Å². The molecule has 0 aliphatic carbocycles. The molecule has 0 amide bonds. The van der Waals surface area contributed by atoms with Crippen LogP contribution in [0.3, 0.4) is 0 Å². The van der Waals surface area contributed by atoms with Crippen LogP contribution in [0.25, 0.3) is 0 Å². The van der Waals surface area contributed by atoms with E-state index in [1.807, 2.05) is 6.92 Å². The monoisotopic (exact) mass is 331 g/mol. The largest absolute Gasteiger partial charge is 0.326 e. The molecule has 0 bridgehead atoms. The van der Waals surface area contributed by atoms with Crippen molar-refractivity contribution in [2.75, 3.05) is 0 Å². The minimum Gasteiger partial charge on any atom is -0.326 e. The summed E-state index contributed by atoms with van der Waals surface area (Å²) in [5, 5.41) is 0. The van der Waals surface area contributed by atoms with Gasteiger partial charge in [0, 0.05) is 20.6 Å². The van der Waals surface area contributed by atoms with E-state index in [1.165, 1.54) is 9.79 Å². The lowest BCUT2D eigenvalue weighted by molar-refractivity contribution is 0.216. The smallest absolute Gasteiger partial charge is 0.0829 e. The Morgan fingerprint density at radius 3 is 1.52 bits per heavy atom. The summed E-state index contributed by atoms with van der Waals surface area (Å²) in [6.45, 7) is 10.9. The second kappa shape index (κ2) is 7.08. The van der Waals surface area contributed by atoms with Crippen LogP contribution in [0.15, 0.2) is 70.5 Å². The van der Waals surface area contributed by atoms with E-state index in [1.54, 1.807) is 0 Å². The molecule has 23 heavy (non-hydrogen) atoms. The van der Waals surface area contributed by atoms with Gasteiger partial charge in [-0.25, -0.2) is 0 Å². The molecule has 0 aliphatic rings. The molecule has 0 saturated heterocycles. The lowest BCUT2D eigenvalue weighted by Gasteiger charge is -2.52. The standard InChI is InChI=1S/C20H29NOS/c1-16(21)17(2)22-23(20(3,4)5,18-12-8-6-9-13-18)19-14-10-7-11-15-19/h6-17H,21H2,1-5H3. The summed E-state index contributed by atoms with van der Waals surface area (Å²) in [5.74, 6) is 0. The van der Waals surface area contributed by atoms with Crippen LogP contribution in [-0.2, 0) is 4.18 Å². The van der Waals surface area contributed by atoms with Crippen LogP contribution in [0.4, 0.5) is 0 Å².